The number of amides is 1. The molecule has 1 aliphatic rings. The van der Waals surface area contributed by atoms with Gasteiger partial charge in [-0.25, -0.2) is 0 Å². The van der Waals surface area contributed by atoms with Crippen LogP contribution in [0.1, 0.15) is 34.0 Å². The lowest BCUT2D eigenvalue weighted by atomic mass is 9.96. The molecule has 0 radical (unpaired) electrons. The van der Waals surface area contributed by atoms with Gasteiger partial charge in [-0.3, -0.25) is 14.5 Å². The molecule has 0 aliphatic carbocycles. The third kappa shape index (κ3) is 3.81. The fourth-order valence-electron chi connectivity index (χ4n) is 4.00. The predicted octanol–water partition coefficient (Wildman–Crippen LogP) is 5.47. The monoisotopic (exact) mass is 417 g/mol. The van der Waals surface area contributed by atoms with Crippen molar-refractivity contribution in [2.45, 2.75) is 32.7 Å². The Balaban J connectivity index is 1.71. The Bertz CT molecular complexity index is 1100. The topological polar surface area (TPSA) is 57.6 Å². The molecule has 1 amide bonds. The van der Waals surface area contributed by atoms with Crippen LogP contribution < -0.4 is 4.90 Å². The summed E-state index contributed by atoms with van der Waals surface area (Å²) in [4.78, 5) is 28.7. The van der Waals surface area contributed by atoms with Crippen LogP contribution in [0.4, 0.5) is 5.69 Å². The van der Waals surface area contributed by atoms with Crippen LogP contribution in [0.2, 0.25) is 0 Å². The Kier molecular flexibility index (Phi) is 5.55. The maximum absolute atomic E-state index is 13.2. The first-order valence-corrected chi connectivity index (χ1v) is 10.8. The molecule has 1 unspecified atom stereocenters. The Morgan fingerprint density at radius 1 is 1.03 bits per heavy atom. The fourth-order valence-corrected chi connectivity index (χ4v) is 4.82. The summed E-state index contributed by atoms with van der Waals surface area (Å²) in [5.74, 6) is -1.16. The van der Waals surface area contributed by atoms with Crippen LogP contribution in [-0.4, -0.2) is 16.8 Å². The van der Waals surface area contributed by atoms with Crippen LogP contribution >= 0.6 is 11.3 Å². The van der Waals surface area contributed by atoms with E-state index in [1.54, 1.807) is 4.90 Å². The van der Waals surface area contributed by atoms with E-state index >= 15 is 0 Å². The number of aliphatic hydroxyl groups is 1. The number of thiophene rings is 1. The summed E-state index contributed by atoms with van der Waals surface area (Å²) in [7, 11) is 0. The number of nitrogens with zero attached hydrogens (tertiary/aromatic N) is 1. The standard InChI is InChI=1S/C25H23NO3S/c1-16-13-17(2)15-19(14-16)26-23(21-9-6-12-30-21)22(24(28)25(26)29)20(27)11-10-18-7-4-3-5-8-18/h3-9,12-15,23,28H,10-11H2,1-2H3. The van der Waals surface area contributed by atoms with Gasteiger partial charge in [-0.15, -0.1) is 11.3 Å². The minimum absolute atomic E-state index is 0.192. The van der Waals surface area contributed by atoms with E-state index in [2.05, 4.69) is 0 Å². The molecule has 1 aliphatic heterocycles. The molecule has 0 saturated carbocycles. The van der Waals surface area contributed by atoms with Crippen LogP contribution in [0.5, 0.6) is 0 Å². The second-order valence-electron chi connectivity index (χ2n) is 7.61. The number of carbonyl (C=O) groups is 2. The molecule has 0 bridgehead atoms. The number of hydrogen-bond acceptors (Lipinski definition) is 4. The minimum Gasteiger partial charge on any atom is -0.503 e. The molecule has 4 rings (SSSR count). The number of hydrogen-bond donors (Lipinski definition) is 1. The minimum atomic E-state index is -0.609. The first-order chi connectivity index (χ1) is 14.5. The van der Waals surface area contributed by atoms with Crippen molar-refractivity contribution in [3.63, 3.8) is 0 Å². The Hall–Kier alpha value is -3.18. The molecule has 0 saturated heterocycles. The van der Waals surface area contributed by atoms with Gasteiger partial charge in [0.25, 0.3) is 5.91 Å². The van der Waals surface area contributed by atoms with E-state index in [4.69, 9.17) is 0 Å². The van der Waals surface area contributed by atoms with Gasteiger partial charge in [0.1, 0.15) is 6.04 Å². The van der Waals surface area contributed by atoms with E-state index in [-0.39, 0.29) is 17.8 Å². The van der Waals surface area contributed by atoms with E-state index in [9.17, 15) is 14.7 Å². The van der Waals surface area contributed by atoms with Crippen LogP contribution in [0.25, 0.3) is 0 Å². The van der Waals surface area contributed by atoms with Gasteiger partial charge in [-0.2, -0.15) is 0 Å². The Morgan fingerprint density at radius 3 is 2.37 bits per heavy atom. The van der Waals surface area contributed by atoms with Gasteiger partial charge in [-0.05, 0) is 60.5 Å². The summed E-state index contributed by atoms with van der Waals surface area (Å²) < 4.78 is 0. The highest BCUT2D eigenvalue weighted by Gasteiger charge is 2.44. The lowest BCUT2D eigenvalue weighted by Gasteiger charge is -2.26. The van der Waals surface area contributed by atoms with Crippen molar-refractivity contribution >= 4 is 28.7 Å². The molecule has 2 heterocycles. The zero-order valence-corrected chi connectivity index (χ0v) is 17.8. The summed E-state index contributed by atoms with van der Waals surface area (Å²) >= 11 is 1.48. The van der Waals surface area contributed by atoms with Gasteiger partial charge < -0.3 is 5.11 Å². The lowest BCUT2D eigenvalue weighted by molar-refractivity contribution is -0.118. The third-order valence-corrected chi connectivity index (χ3v) is 6.21. The molecule has 1 aromatic heterocycles. The summed E-state index contributed by atoms with van der Waals surface area (Å²) in [5.41, 5.74) is 3.97. The number of benzene rings is 2. The molecule has 5 heteroatoms. The van der Waals surface area contributed by atoms with E-state index in [0.29, 0.717) is 12.1 Å². The number of rotatable bonds is 6. The van der Waals surface area contributed by atoms with Crippen molar-refractivity contribution < 1.29 is 14.7 Å². The van der Waals surface area contributed by atoms with Crippen molar-refractivity contribution in [1.29, 1.82) is 0 Å². The summed E-state index contributed by atoms with van der Waals surface area (Å²) in [6.07, 6.45) is 0.796. The average molecular weight is 418 g/mol. The van der Waals surface area contributed by atoms with Gasteiger partial charge in [0, 0.05) is 17.0 Å². The highest BCUT2D eigenvalue weighted by molar-refractivity contribution is 7.10. The van der Waals surface area contributed by atoms with E-state index < -0.39 is 17.7 Å². The van der Waals surface area contributed by atoms with Gasteiger partial charge >= 0.3 is 0 Å². The molecule has 30 heavy (non-hydrogen) atoms. The zero-order chi connectivity index (χ0) is 21.3. The maximum Gasteiger partial charge on any atom is 0.294 e. The molecular weight excluding hydrogens is 394 g/mol. The van der Waals surface area contributed by atoms with E-state index in [0.717, 1.165) is 21.6 Å². The van der Waals surface area contributed by atoms with Crippen LogP contribution in [-0.2, 0) is 16.0 Å². The highest BCUT2D eigenvalue weighted by atomic mass is 32.1. The number of ketones is 1. The zero-order valence-electron chi connectivity index (χ0n) is 17.0. The van der Waals surface area contributed by atoms with Crippen LogP contribution in [0, 0.1) is 13.8 Å². The molecule has 1 atom stereocenters. The number of aryl methyl sites for hydroxylation is 3. The molecule has 152 valence electrons. The average Bonchev–Trinajstić information content (AvgIpc) is 3.33. The maximum atomic E-state index is 13.2. The number of Topliss-reactive ketones (excluding diaryl/α,β-unsaturated/α-hetero) is 1. The lowest BCUT2D eigenvalue weighted by Crippen LogP contribution is -2.30. The van der Waals surface area contributed by atoms with E-state index in [1.165, 1.54) is 11.3 Å². The predicted molar refractivity (Wildman–Crippen MR) is 120 cm³/mol. The fraction of sp³-hybridized carbons (Fsp3) is 0.200. The first kappa shape index (κ1) is 20.1. The normalized spacial score (nSPS) is 16.4. The van der Waals surface area contributed by atoms with Crippen LogP contribution in [0.15, 0.2) is 77.4 Å². The number of anilines is 1. The molecule has 2 aromatic carbocycles. The van der Waals surface area contributed by atoms with Crippen molar-refractivity contribution in [1.82, 2.24) is 0 Å². The summed E-state index contributed by atoms with van der Waals surface area (Å²) in [5, 5.41) is 12.7. The van der Waals surface area contributed by atoms with Crippen LogP contribution in [0.3, 0.4) is 0 Å². The third-order valence-electron chi connectivity index (χ3n) is 5.29. The molecule has 0 fully saturated rings. The van der Waals surface area contributed by atoms with E-state index in [1.807, 2.05) is 79.9 Å². The molecule has 1 N–H and O–H groups in total. The largest absolute Gasteiger partial charge is 0.503 e. The van der Waals surface area contributed by atoms with Crippen molar-refractivity contribution in [2.24, 2.45) is 0 Å². The summed E-state index contributed by atoms with van der Waals surface area (Å²) in [6, 6.07) is 18.8. The van der Waals surface area contributed by atoms with Gasteiger partial charge in [-0.1, -0.05) is 42.5 Å². The molecule has 3 aromatic rings. The smallest absolute Gasteiger partial charge is 0.294 e. The number of carbonyl (C=O) groups excluding carboxylic acids is 2. The van der Waals surface area contributed by atoms with Gasteiger partial charge in [0.15, 0.2) is 11.5 Å². The van der Waals surface area contributed by atoms with Crippen molar-refractivity contribution in [3.8, 4) is 0 Å². The second-order valence-corrected chi connectivity index (χ2v) is 8.59. The SMILES string of the molecule is Cc1cc(C)cc(N2C(=O)C(O)=C(C(=O)CCc3ccccc3)C2c2cccs2)c1. The Labute approximate surface area is 180 Å². The van der Waals surface area contributed by atoms with Gasteiger partial charge in [0.05, 0.1) is 5.57 Å². The Morgan fingerprint density at radius 2 is 1.73 bits per heavy atom. The summed E-state index contributed by atoms with van der Waals surface area (Å²) in [6.45, 7) is 3.94. The number of aliphatic hydroxyl groups excluding tert-OH is 1. The molecule has 4 nitrogen and oxygen atoms in total. The second kappa shape index (κ2) is 8.28. The highest BCUT2D eigenvalue weighted by Crippen LogP contribution is 2.43. The quantitative estimate of drug-likeness (QED) is 0.579. The molecular formula is C25H23NO3S. The van der Waals surface area contributed by atoms with Crippen molar-refractivity contribution in [2.75, 3.05) is 4.90 Å². The van der Waals surface area contributed by atoms with Gasteiger partial charge in [0.2, 0.25) is 0 Å². The first-order valence-electron chi connectivity index (χ1n) is 9.91. The van der Waals surface area contributed by atoms with Crippen molar-refractivity contribution in [3.05, 3.63) is 98.9 Å². The molecule has 0 spiro atoms.